The lowest BCUT2D eigenvalue weighted by Gasteiger charge is -2.14. The van der Waals surface area contributed by atoms with Gasteiger partial charge >= 0.3 is 0 Å². The second kappa shape index (κ2) is 4.41. The molecule has 0 spiro atoms. The van der Waals surface area contributed by atoms with Gasteiger partial charge in [0, 0.05) is 11.8 Å². The van der Waals surface area contributed by atoms with Crippen LogP contribution in [-0.4, -0.2) is 17.5 Å². The summed E-state index contributed by atoms with van der Waals surface area (Å²) in [4.78, 5) is 11.4. The molecule has 2 heteroatoms. The number of carbonyl (C=O) groups excluding carboxylic acids is 1. The highest BCUT2D eigenvalue weighted by atomic mass is 16.3. The molecule has 12 heavy (non-hydrogen) atoms. The zero-order valence-electron chi connectivity index (χ0n) is 8.35. The number of Topliss-reactive ketones (excluding diaryl/α,β-unsaturated/α-hetero) is 1. The fourth-order valence-corrected chi connectivity index (χ4v) is 0.638. The first-order chi connectivity index (χ1) is 5.38. The minimum Gasteiger partial charge on any atom is -0.392 e. The lowest BCUT2D eigenvalue weighted by Crippen LogP contribution is -2.19. The normalized spacial score (nSPS) is 13.2. The number of hydrogen-bond donors (Lipinski definition) is 1. The molecule has 0 aromatic heterocycles. The summed E-state index contributed by atoms with van der Waals surface area (Å²) in [5.41, 5.74) is 0.583. The lowest BCUT2D eigenvalue weighted by molar-refractivity contribution is -0.125. The molecule has 0 amide bonds. The Hall–Kier alpha value is -0.630. The van der Waals surface area contributed by atoms with Crippen molar-refractivity contribution in [2.45, 2.75) is 34.1 Å². The standard InChI is InChI=1S/C10H18O2/c1-8(7-11)5-6-9(12)10(2,3)4/h5,11H,6-7H2,1-4H3. The minimum atomic E-state index is -0.272. The average molecular weight is 170 g/mol. The first-order valence-corrected chi connectivity index (χ1v) is 4.17. The van der Waals surface area contributed by atoms with E-state index in [9.17, 15) is 4.79 Å². The van der Waals surface area contributed by atoms with Gasteiger partial charge in [0.2, 0.25) is 0 Å². The Morgan fingerprint density at radius 3 is 2.25 bits per heavy atom. The van der Waals surface area contributed by atoms with Gasteiger partial charge in [-0.2, -0.15) is 0 Å². The maximum Gasteiger partial charge on any atom is 0.141 e. The Morgan fingerprint density at radius 1 is 1.42 bits per heavy atom. The Bertz CT molecular complexity index is 185. The molecule has 0 fully saturated rings. The quantitative estimate of drug-likeness (QED) is 0.657. The molecule has 1 N–H and O–H groups in total. The van der Waals surface area contributed by atoms with Crippen LogP contribution >= 0.6 is 0 Å². The van der Waals surface area contributed by atoms with Crippen molar-refractivity contribution < 1.29 is 9.90 Å². The van der Waals surface area contributed by atoms with Crippen LogP contribution in [0.4, 0.5) is 0 Å². The highest BCUT2D eigenvalue weighted by Crippen LogP contribution is 2.17. The molecule has 0 bridgehead atoms. The van der Waals surface area contributed by atoms with Crippen LogP contribution in [0.3, 0.4) is 0 Å². The lowest BCUT2D eigenvalue weighted by atomic mass is 9.89. The van der Waals surface area contributed by atoms with Gasteiger partial charge in [0.1, 0.15) is 5.78 Å². The average Bonchev–Trinajstić information content (AvgIpc) is 1.97. The van der Waals surface area contributed by atoms with E-state index in [1.807, 2.05) is 27.7 Å². The SMILES string of the molecule is CC(=CCC(=O)C(C)(C)C)CO. The number of aliphatic hydroxyl groups is 1. The van der Waals surface area contributed by atoms with Crippen LogP contribution in [0.25, 0.3) is 0 Å². The van der Waals surface area contributed by atoms with Gasteiger partial charge in [-0.05, 0) is 6.92 Å². The first-order valence-electron chi connectivity index (χ1n) is 4.17. The summed E-state index contributed by atoms with van der Waals surface area (Å²) in [5, 5.41) is 8.67. The maximum absolute atomic E-state index is 11.4. The van der Waals surface area contributed by atoms with E-state index in [0.717, 1.165) is 5.57 Å². The van der Waals surface area contributed by atoms with Gasteiger partial charge in [0.25, 0.3) is 0 Å². The number of rotatable bonds is 3. The molecule has 0 aromatic carbocycles. The summed E-state index contributed by atoms with van der Waals surface area (Å²) in [6.45, 7) is 7.56. The Morgan fingerprint density at radius 2 is 1.92 bits per heavy atom. The van der Waals surface area contributed by atoms with Crippen molar-refractivity contribution in [3.05, 3.63) is 11.6 Å². The van der Waals surface area contributed by atoms with Gasteiger partial charge < -0.3 is 5.11 Å². The molecule has 0 rings (SSSR count). The third-order valence-corrected chi connectivity index (χ3v) is 1.72. The van der Waals surface area contributed by atoms with Crippen LogP contribution in [0.1, 0.15) is 34.1 Å². The number of allylic oxidation sites excluding steroid dienone is 1. The topological polar surface area (TPSA) is 37.3 Å². The fourth-order valence-electron chi connectivity index (χ4n) is 0.638. The van der Waals surface area contributed by atoms with Gasteiger partial charge in [-0.1, -0.05) is 32.4 Å². The number of aliphatic hydroxyl groups excluding tert-OH is 1. The summed E-state index contributed by atoms with van der Waals surface area (Å²) in [6.07, 6.45) is 2.21. The molecule has 0 aliphatic carbocycles. The minimum absolute atomic E-state index is 0.0391. The van der Waals surface area contributed by atoms with Crippen molar-refractivity contribution in [2.24, 2.45) is 5.41 Å². The predicted molar refractivity (Wildman–Crippen MR) is 49.9 cm³/mol. The van der Waals surface area contributed by atoms with Crippen LogP contribution < -0.4 is 0 Å². The Balaban J connectivity index is 4.04. The van der Waals surface area contributed by atoms with E-state index in [1.165, 1.54) is 0 Å². The molecule has 0 saturated heterocycles. The zero-order chi connectivity index (χ0) is 9.78. The van der Waals surface area contributed by atoms with Crippen molar-refractivity contribution in [1.82, 2.24) is 0 Å². The van der Waals surface area contributed by atoms with E-state index in [-0.39, 0.29) is 17.8 Å². The van der Waals surface area contributed by atoms with E-state index >= 15 is 0 Å². The summed E-state index contributed by atoms with van der Waals surface area (Å²) in [5.74, 6) is 0.204. The van der Waals surface area contributed by atoms with E-state index < -0.39 is 0 Å². The van der Waals surface area contributed by atoms with Crippen LogP contribution in [0.15, 0.2) is 11.6 Å². The molecule has 0 unspecified atom stereocenters. The highest BCUT2D eigenvalue weighted by molar-refractivity contribution is 5.84. The molecular weight excluding hydrogens is 152 g/mol. The van der Waals surface area contributed by atoms with Gasteiger partial charge in [0.15, 0.2) is 0 Å². The van der Waals surface area contributed by atoms with Crippen molar-refractivity contribution in [2.75, 3.05) is 6.61 Å². The third-order valence-electron chi connectivity index (χ3n) is 1.72. The van der Waals surface area contributed by atoms with Gasteiger partial charge in [-0.25, -0.2) is 0 Å². The smallest absolute Gasteiger partial charge is 0.141 e. The zero-order valence-corrected chi connectivity index (χ0v) is 8.35. The van der Waals surface area contributed by atoms with Crippen molar-refractivity contribution in [3.8, 4) is 0 Å². The van der Waals surface area contributed by atoms with Crippen molar-refractivity contribution >= 4 is 5.78 Å². The van der Waals surface area contributed by atoms with E-state index in [2.05, 4.69) is 0 Å². The monoisotopic (exact) mass is 170 g/mol. The van der Waals surface area contributed by atoms with Crippen LogP contribution in [0, 0.1) is 5.41 Å². The van der Waals surface area contributed by atoms with Crippen LogP contribution in [0.5, 0.6) is 0 Å². The first kappa shape index (κ1) is 11.4. The summed E-state index contributed by atoms with van der Waals surface area (Å²) < 4.78 is 0. The highest BCUT2D eigenvalue weighted by Gasteiger charge is 2.19. The molecule has 2 nitrogen and oxygen atoms in total. The molecule has 0 atom stereocenters. The van der Waals surface area contributed by atoms with Crippen LogP contribution in [0.2, 0.25) is 0 Å². The van der Waals surface area contributed by atoms with E-state index in [0.29, 0.717) is 6.42 Å². The van der Waals surface area contributed by atoms with Gasteiger partial charge in [0.05, 0.1) is 6.61 Å². The maximum atomic E-state index is 11.4. The number of hydrogen-bond acceptors (Lipinski definition) is 2. The summed E-state index contributed by atoms with van der Waals surface area (Å²) >= 11 is 0. The predicted octanol–water partition coefficient (Wildman–Crippen LogP) is 1.93. The van der Waals surface area contributed by atoms with E-state index in [4.69, 9.17) is 5.11 Å². The van der Waals surface area contributed by atoms with Gasteiger partial charge in [-0.15, -0.1) is 0 Å². The second-order valence-electron chi connectivity index (χ2n) is 4.09. The molecule has 0 saturated carbocycles. The molecule has 0 aliphatic rings. The molecule has 0 radical (unpaired) electrons. The van der Waals surface area contributed by atoms with Gasteiger partial charge in [-0.3, -0.25) is 4.79 Å². The number of carbonyl (C=O) groups is 1. The Labute approximate surface area is 74.3 Å². The van der Waals surface area contributed by atoms with E-state index in [1.54, 1.807) is 6.08 Å². The second-order valence-corrected chi connectivity index (χ2v) is 4.09. The summed E-state index contributed by atoms with van der Waals surface area (Å²) in [7, 11) is 0. The van der Waals surface area contributed by atoms with Crippen molar-refractivity contribution in [1.29, 1.82) is 0 Å². The fraction of sp³-hybridized carbons (Fsp3) is 0.700. The number of ketones is 1. The molecule has 70 valence electrons. The van der Waals surface area contributed by atoms with Crippen molar-refractivity contribution in [3.63, 3.8) is 0 Å². The molecular formula is C10H18O2. The molecule has 0 heterocycles. The molecule has 0 aromatic rings. The third kappa shape index (κ3) is 4.29. The molecule has 0 aliphatic heterocycles. The van der Waals surface area contributed by atoms with Crippen LogP contribution in [-0.2, 0) is 4.79 Å². The summed E-state index contributed by atoms with van der Waals surface area (Å²) in [6, 6.07) is 0. The largest absolute Gasteiger partial charge is 0.392 e. The Kier molecular flexibility index (Phi) is 4.18.